The Hall–Kier alpha value is -1.93. The third-order valence-corrected chi connectivity index (χ3v) is 5.08. The van der Waals surface area contributed by atoms with Gasteiger partial charge >= 0.3 is 5.97 Å². The minimum Gasteiger partial charge on any atom is -0.465 e. The number of anilines is 1. The minimum atomic E-state index is -0.283. The number of halogens is 1. The molecule has 23 heavy (non-hydrogen) atoms. The molecule has 8 nitrogen and oxygen atoms in total. The molecule has 0 bridgehead atoms. The van der Waals surface area contributed by atoms with Gasteiger partial charge in [0.25, 0.3) is 0 Å². The van der Waals surface area contributed by atoms with Crippen LogP contribution in [0.25, 0.3) is 11.2 Å². The van der Waals surface area contributed by atoms with Gasteiger partial charge in [0.05, 0.1) is 19.0 Å². The minimum absolute atomic E-state index is 0.0374. The smallest absolute Gasteiger partial charge is 0.302 e. The summed E-state index contributed by atoms with van der Waals surface area (Å²) in [5.74, 6) is -0.0404. The Morgan fingerprint density at radius 1 is 1.61 bits per heavy atom. The number of imidazole rings is 1. The second kappa shape index (κ2) is 4.78. The number of hydrogen-bond acceptors (Lipinski definition) is 7. The first-order valence-electron chi connectivity index (χ1n) is 7.37. The highest BCUT2D eigenvalue weighted by Crippen LogP contribution is 2.58. The summed E-state index contributed by atoms with van der Waals surface area (Å²) in [5.41, 5.74) is 6.53. The molecular weight excluding hydrogens is 322 g/mol. The van der Waals surface area contributed by atoms with E-state index in [2.05, 4.69) is 15.0 Å². The maximum atomic E-state index is 11.1. The summed E-state index contributed by atoms with van der Waals surface area (Å²) in [6, 6.07) is 0.0518. The van der Waals surface area contributed by atoms with Crippen LogP contribution in [0.4, 0.5) is 5.95 Å². The molecule has 3 heterocycles. The van der Waals surface area contributed by atoms with Gasteiger partial charge in [0.1, 0.15) is 17.2 Å². The van der Waals surface area contributed by atoms with Crippen LogP contribution in [0.5, 0.6) is 0 Å². The fourth-order valence-corrected chi connectivity index (χ4v) is 3.75. The van der Waals surface area contributed by atoms with E-state index >= 15 is 0 Å². The van der Waals surface area contributed by atoms with Crippen molar-refractivity contribution >= 4 is 34.7 Å². The number of nitrogens with zero attached hydrogens (tertiary/aromatic N) is 4. The summed E-state index contributed by atoms with van der Waals surface area (Å²) < 4.78 is 13.0. The Labute approximate surface area is 136 Å². The molecule has 0 unspecified atom stereocenters. The number of nitrogen functional groups attached to an aromatic ring is 1. The maximum Gasteiger partial charge on any atom is 0.302 e. The fraction of sp³-hybridized carbons (Fsp3) is 0.571. The quantitative estimate of drug-likeness (QED) is 0.511. The number of carbonyl (C=O) groups excluding carboxylic acids is 1. The largest absolute Gasteiger partial charge is 0.465 e. The Balaban J connectivity index is 1.66. The van der Waals surface area contributed by atoms with Crippen molar-refractivity contribution in [2.24, 2.45) is 5.92 Å². The zero-order valence-corrected chi connectivity index (χ0v) is 13.4. The lowest BCUT2D eigenvalue weighted by Gasteiger charge is -2.19. The lowest BCUT2D eigenvalue weighted by Crippen LogP contribution is -2.23. The SMILES string of the molecule is CC(=O)OC[C@H]1C[C@@H](n2cnc3c(Cl)nc(N)nc32)[C@@H]2O[C@]12C. The number of nitrogens with two attached hydrogens (primary N) is 1. The third-order valence-electron chi connectivity index (χ3n) is 4.82. The summed E-state index contributed by atoms with van der Waals surface area (Å²) in [6.45, 7) is 3.80. The first-order chi connectivity index (χ1) is 10.9. The molecule has 2 aromatic rings. The van der Waals surface area contributed by atoms with E-state index in [0.717, 1.165) is 6.42 Å². The predicted octanol–water partition coefficient (Wildman–Crippen LogP) is 1.34. The average Bonchev–Trinajstić information content (AvgIpc) is 2.86. The number of fused-ring (bicyclic) bond motifs is 2. The van der Waals surface area contributed by atoms with Crippen molar-refractivity contribution in [2.45, 2.75) is 38.0 Å². The van der Waals surface area contributed by atoms with Crippen molar-refractivity contribution in [3.8, 4) is 0 Å². The van der Waals surface area contributed by atoms with Gasteiger partial charge in [-0.2, -0.15) is 9.97 Å². The van der Waals surface area contributed by atoms with Crippen LogP contribution in [-0.2, 0) is 14.3 Å². The Bertz CT molecular complexity index is 809. The summed E-state index contributed by atoms with van der Waals surface area (Å²) in [6.07, 6.45) is 2.53. The molecular formula is C14H16ClN5O3. The van der Waals surface area contributed by atoms with Gasteiger partial charge in [-0.1, -0.05) is 11.6 Å². The van der Waals surface area contributed by atoms with E-state index in [1.165, 1.54) is 6.92 Å². The first-order valence-corrected chi connectivity index (χ1v) is 7.74. The molecule has 1 aliphatic heterocycles. The highest BCUT2D eigenvalue weighted by atomic mass is 35.5. The molecule has 9 heteroatoms. The molecule has 1 saturated heterocycles. The molecule has 2 aromatic heterocycles. The number of carbonyl (C=O) groups is 1. The summed E-state index contributed by atoms with van der Waals surface area (Å²) in [7, 11) is 0. The lowest BCUT2D eigenvalue weighted by molar-refractivity contribution is -0.143. The summed E-state index contributed by atoms with van der Waals surface area (Å²) in [4.78, 5) is 23.5. The zero-order chi connectivity index (χ0) is 16.4. The van der Waals surface area contributed by atoms with Gasteiger partial charge in [-0.05, 0) is 13.3 Å². The average molecular weight is 338 g/mol. The van der Waals surface area contributed by atoms with E-state index in [-0.39, 0.29) is 40.7 Å². The van der Waals surface area contributed by atoms with Gasteiger partial charge in [0.15, 0.2) is 10.8 Å². The van der Waals surface area contributed by atoms with Crippen LogP contribution in [0.1, 0.15) is 26.3 Å². The molecule has 0 amide bonds. The Kier molecular flexibility index (Phi) is 3.05. The van der Waals surface area contributed by atoms with Crippen LogP contribution in [0.3, 0.4) is 0 Å². The van der Waals surface area contributed by atoms with Crippen LogP contribution < -0.4 is 5.73 Å². The number of esters is 1. The highest BCUT2D eigenvalue weighted by Gasteiger charge is 2.67. The van der Waals surface area contributed by atoms with Crippen molar-refractivity contribution in [2.75, 3.05) is 12.3 Å². The van der Waals surface area contributed by atoms with Gasteiger partial charge in [-0.25, -0.2) is 4.98 Å². The number of epoxide rings is 1. The zero-order valence-electron chi connectivity index (χ0n) is 12.7. The second-order valence-electron chi connectivity index (χ2n) is 6.22. The lowest BCUT2D eigenvalue weighted by atomic mass is 9.98. The van der Waals surface area contributed by atoms with E-state index in [4.69, 9.17) is 26.8 Å². The van der Waals surface area contributed by atoms with E-state index in [1.54, 1.807) is 6.33 Å². The fourth-order valence-electron chi connectivity index (χ4n) is 3.53. The second-order valence-corrected chi connectivity index (χ2v) is 6.58. The molecule has 2 fully saturated rings. The molecule has 0 spiro atoms. The van der Waals surface area contributed by atoms with Crippen LogP contribution in [0.2, 0.25) is 5.15 Å². The van der Waals surface area contributed by atoms with Crippen LogP contribution in [0.15, 0.2) is 6.33 Å². The van der Waals surface area contributed by atoms with Crippen molar-refractivity contribution < 1.29 is 14.3 Å². The molecule has 0 radical (unpaired) electrons. The van der Waals surface area contributed by atoms with Crippen LogP contribution in [-0.4, -0.2) is 43.8 Å². The van der Waals surface area contributed by atoms with Crippen LogP contribution >= 0.6 is 11.6 Å². The number of hydrogen-bond donors (Lipinski definition) is 1. The number of ether oxygens (including phenoxy) is 2. The van der Waals surface area contributed by atoms with Gasteiger partial charge in [-0.3, -0.25) is 4.79 Å². The van der Waals surface area contributed by atoms with E-state index < -0.39 is 0 Å². The first kappa shape index (κ1) is 14.6. The van der Waals surface area contributed by atoms with Crippen molar-refractivity contribution in [1.82, 2.24) is 19.5 Å². The van der Waals surface area contributed by atoms with Crippen molar-refractivity contribution in [3.05, 3.63) is 11.5 Å². The van der Waals surface area contributed by atoms with Gasteiger partial charge in [0, 0.05) is 12.8 Å². The molecule has 1 saturated carbocycles. The number of aromatic nitrogens is 4. The Morgan fingerprint density at radius 3 is 3.13 bits per heavy atom. The molecule has 4 rings (SSSR count). The normalized spacial score (nSPS) is 32.0. The number of rotatable bonds is 3. The highest BCUT2D eigenvalue weighted by molar-refractivity contribution is 6.33. The monoisotopic (exact) mass is 337 g/mol. The molecule has 122 valence electrons. The van der Waals surface area contributed by atoms with E-state index in [9.17, 15) is 4.79 Å². The third kappa shape index (κ3) is 2.16. The summed E-state index contributed by atoms with van der Waals surface area (Å²) >= 11 is 6.07. The van der Waals surface area contributed by atoms with E-state index in [0.29, 0.717) is 17.8 Å². The van der Waals surface area contributed by atoms with E-state index in [1.807, 2.05) is 11.5 Å². The van der Waals surface area contributed by atoms with Crippen molar-refractivity contribution in [3.63, 3.8) is 0 Å². The topological polar surface area (TPSA) is 108 Å². The molecule has 2 aliphatic rings. The molecule has 2 N–H and O–H groups in total. The predicted molar refractivity (Wildman–Crippen MR) is 81.8 cm³/mol. The van der Waals surface area contributed by atoms with Gasteiger partial charge in [0.2, 0.25) is 5.95 Å². The molecule has 0 aromatic carbocycles. The summed E-state index contributed by atoms with van der Waals surface area (Å²) in [5, 5.41) is 0.236. The Morgan fingerprint density at radius 2 is 2.39 bits per heavy atom. The van der Waals surface area contributed by atoms with Gasteiger partial charge in [-0.15, -0.1) is 0 Å². The molecule has 4 atom stereocenters. The van der Waals surface area contributed by atoms with Gasteiger partial charge < -0.3 is 19.8 Å². The van der Waals surface area contributed by atoms with Crippen molar-refractivity contribution in [1.29, 1.82) is 0 Å². The molecule has 1 aliphatic carbocycles. The van der Waals surface area contributed by atoms with Crippen LogP contribution in [0, 0.1) is 5.92 Å². The standard InChI is InChI=1S/C14H16ClN5O3/c1-6(21)22-4-7-3-8(10-14(7,2)23-10)20-5-17-9-11(15)18-13(16)19-12(9)20/h5,7-8,10H,3-4H2,1-2H3,(H2,16,18,19)/t7-,8-,10+,14-/m1/s1. The maximum absolute atomic E-state index is 11.1.